The first-order valence-corrected chi connectivity index (χ1v) is 5.44. The maximum absolute atomic E-state index is 11.3. The van der Waals surface area contributed by atoms with Crippen LogP contribution in [0.4, 0.5) is 0 Å². The summed E-state index contributed by atoms with van der Waals surface area (Å²) in [6, 6.07) is 0. The zero-order valence-electron chi connectivity index (χ0n) is 9.79. The van der Waals surface area contributed by atoms with Crippen molar-refractivity contribution < 1.29 is 14.3 Å². The van der Waals surface area contributed by atoms with E-state index in [0.29, 0.717) is 13.2 Å². The van der Waals surface area contributed by atoms with Crippen molar-refractivity contribution in [3.63, 3.8) is 0 Å². The Morgan fingerprint density at radius 1 is 1.40 bits per heavy atom. The molecule has 1 aliphatic heterocycles. The monoisotopic (exact) mass is 215 g/mol. The Balaban J connectivity index is 2.54. The molecule has 1 aliphatic rings. The second-order valence-electron chi connectivity index (χ2n) is 5.10. The van der Waals surface area contributed by atoms with Gasteiger partial charge in [0.25, 0.3) is 0 Å². The number of hydrogen-bond donors (Lipinski definition) is 1. The van der Waals surface area contributed by atoms with Crippen LogP contribution in [0, 0.1) is 5.41 Å². The number of carbonyl (C=O) groups excluding carboxylic acids is 1. The molecular weight excluding hydrogens is 194 g/mol. The molecule has 0 aliphatic carbocycles. The van der Waals surface area contributed by atoms with E-state index in [-0.39, 0.29) is 17.4 Å². The van der Waals surface area contributed by atoms with Crippen LogP contribution in [0.1, 0.15) is 33.6 Å². The van der Waals surface area contributed by atoms with Gasteiger partial charge < -0.3 is 15.2 Å². The van der Waals surface area contributed by atoms with E-state index in [1.54, 1.807) is 0 Å². The molecular formula is C11H21NO3. The third-order valence-corrected chi connectivity index (χ3v) is 2.54. The predicted octanol–water partition coefficient (Wildman–Crippen LogP) is 1.08. The highest BCUT2D eigenvalue weighted by atomic mass is 16.5. The summed E-state index contributed by atoms with van der Waals surface area (Å²) >= 11 is 0. The van der Waals surface area contributed by atoms with E-state index in [1.165, 1.54) is 0 Å². The maximum atomic E-state index is 11.3. The second-order valence-corrected chi connectivity index (χ2v) is 5.10. The molecule has 1 unspecified atom stereocenters. The lowest BCUT2D eigenvalue weighted by atomic mass is 9.88. The first kappa shape index (κ1) is 12.5. The normalized spacial score (nSPS) is 21.3. The van der Waals surface area contributed by atoms with Crippen LogP contribution in [0.3, 0.4) is 0 Å². The maximum Gasteiger partial charge on any atom is 0.247 e. The zero-order chi connectivity index (χ0) is 11.5. The third-order valence-electron chi connectivity index (χ3n) is 2.54. The highest BCUT2D eigenvalue weighted by Crippen LogP contribution is 2.25. The number of ether oxygens (including phenoxy) is 2. The molecule has 1 saturated heterocycles. The van der Waals surface area contributed by atoms with E-state index in [2.05, 4.69) is 0 Å². The number of rotatable bonds is 3. The van der Waals surface area contributed by atoms with Gasteiger partial charge >= 0.3 is 0 Å². The third kappa shape index (κ3) is 3.80. The lowest BCUT2D eigenvalue weighted by Crippen LogP contribution is -2.44. The lowest BCUT2D eigenvalue weighted by Gasteiger charge is -2.33. The molecule has 1 atom stereocenters. The number of amides is 1. The highest BCUT2D eigenvalue weighted by molar-refractivity contribution is 5.79. The summed E-state index contributed by atoms with van der Waals surface area (Å²) in [6.45, 7) is 7.30. The quantitative estimate of drug-likeness (QED) is 0.766. The van der Waals surface area contributed by atoms with Gasteiger partial charge in [-0.15, -0.1) is 0 Å². The van der Waals surface area contributed by atoms with E-state index in [0.717, 1.165) is 12.8 Å². The fraction of sp³-hybridized carbons (Fsp3) is 0.909. The molecule has 0 aromatic rings. The van der Waals surface area contributed by atoms with Gasteiger partial charge in [0.15, 0.2) is 0 Å². The van der Waals surface area contributed by atoms with Crippen LogP contribution in [0.2, 0.25) is 0 Å². The Morgan fingerprint density at radius 2 is 1.93 bits per heavy atom. The van der Waals surface area contributed by atoms with Gasteiger partial charge in [0, 0.05) is 13.2 Å². The zero-order valence-corrected chi connectivity index (χ0v) is 9.79. The average Bonchev–Trinajstić information content (AvgIpc) is 2.13. The minimum absolute atomic E-state index is 0.107. The molecule has 1 amide bonds. The number of hydrogen-bond acceptors (Lipinski definition) is 3. The molecule has 15 heavy (non-hydrogen) atoms. The molecule has 0 aromatic carbocycles. The first-order chi connectivity index (χ1) is 6.91. The van der Waals surface area contributed by atoms with Gasteiger partial charge in [-0.05, 0) is 18.3 Å². The topological polar surface area (TPSA) is 61.6 Å². The fourth-order valence-electron chi connectivity index (χ4n) is 1.70. The molecule has 1 fully saturated rings. The van der Waals surface area contributed by atoms with Gasteiger partial charge in [0.1, 0.15) is 6.10 Å². The van der Waals surface area contributed by atoms with Gasteiger partial charge in [0.05, 0.1) is 6.10 Å². The predicted molar refractivity (Wildman–Crippen MR) is 57.4 cm³/mol. The second kappa shape index (κ2) is 4.94. The van der Waals surface area contributed by atoms with Crippen molar-refractivity contribution in [3.05, 3.63) is 0 Å². The van der Waals surface area contributed by atoms with Crippen molar-refractivity contribution in [2.45, 2.75) is 45.8 Å². The molecule has 1 heterocycles. The molecule has 0 bridgehead atoms. The summed E-state index contributed by atoms with van der Waals surface area (Å²) < 4.78 is 11.0. The van der Waals surface area contributed by atoms with Gasteiger partial charge in [-0.25, -0.2) is 0 Å². The summed E-state index contributed by atoms with van der Waals surface area (Å²) in [6.07, 6.45) is 1.29. The summed E-state index contributed by atoms with van der Waals surface area (Å²) in [5.74, 6) is -0.381. The Kier molecular flexibility index (Phi) is 4.11. The minimum atomic E-state index is -0.513. The molecule has 0 saturated carbocycles. The standard InChI is InChI=1S/C11H21NO3/c1-11(2,3)9(10(12)13)15-8-4-6-14-7-5-8/h8-9H,4-7H2,1-3H3,(H2,12,13). The van der Waals surface area contributed by atoms with E-state index >= 15 is 0 Å². The van der Waals surface area contributed by atoms with Crippen LogP contribution >= 0.6 is 0 Å². The molecule has 88 valence electrons. The highest BCUT2D eigenvalue weighted by Gasteiger charge is 2.33. The van der Waals surface area contributed by atoms with E-state index in [1.807, 2.05) is 20.8 Å². The van der Waals surface area contributed by atoms with Crippen LogP contribution in [0.5, 0.6) is 0 Å². The number of nitrogens with two attached hydrogens (primary N) is 1. The van der Waals surface area contributed by atoms with E-state index in [4.69, 9.17) is 15.2 Å². The summed E-state index contributed by atoms with van der Waals surface area (Å²) in [5.41, 5.74) is 5.10. The average molecular weight is 215 g/mol. The van der Waals surface area contributed by atoms with Crippen molar-refractivity contribution in [2.75, 3.05) is 13.2 Å². The lowest BCUT2D eigenvalue weighted by molar-refractivity contribution is -0.148. The van der Waals surface area contributed by atoms with Crippen molar-refractivity contribution >= 4 is 5.91 Å². The van der Waals surface area contributed by atoms with Crippen molar-refractivity contribution in [3.8, 4) is 0 Å². The van der Waals surface area contributed by atoms with Crippen molar-refractivity contribution in [1.82, 2.24) is 0 Å². The molecule has 0 radical (unpaired) electrons. The van der Waals surface area contributed by atoms with E-state index < -0.39 is 6.10 Å². The Hall–Kier alpha value is -0.610. The summed E-state index contributed by atoms with van der Waals surface area (Å²) in [7, 11) is 0. The van der Waals surface area contributed by atoms with Crippen LogP contribution in [-0.2, 0) is 14.3 Å². The SMILES string of the molecule is CC(C)(C)C(OC1CCOCC1)C(N)=O. The molecule has 0 aromatic heterocycles. The van der Waals surface area contributed by atoms with Crippen LogP contribution in [-0.4, -0.2) is 31.3 Å². The number of primary amides is 1. The fourth-order valence-corrected chi connectivity index (χ4v) is 1.70. The Bertz CT molecular complexity index is 216. The molecule has 4 nitrogen and oxygen atoms in total. The molecule has 4 heteroatoms. The van der Waals surface area contributed by atoms with Gasteiger partial charge in [-0.3, -0.25) is 4.79 Å². The first-order valence-electron chi connectivity index (χ1n) is 5.44. The smallest absolute Gasteiger partial charge is 0.247 e. The molecule has 0 spiro atoms. The van der Waals surface area contributed by atoms with Crippen LogP contribution in [0.15, 0.2) is 0 Å². The van der Waals surface area contributed by atoms with Gasteiger partial charge in [0.2, 0.25) is 5.91 Å². The van der Waals surface area contributed by atoms with Gasteiger partial charge in [-0.2, -0.15) is 0 Å². The van der Waals surface area contributed by atoms with Crippen LogP contribution in [0.25, 0.3) is 0 Å². The van der Waals surface area contributed by atoms with Crippen molar-refractivity contribution in [1.29, 1.82) is 0 Å². The molecule has 1 rings (SSSR count). The largest absolute Gasteiger partial charge is 0.381 e. The summed E-state index contributed by atoms with van der Waals surface area (Å²) in [4.78, 5) is 11.3. The molecule has 2 N–H and O–H groups in total. The van der Waals surface area contributed by atoms with Crippen molar-refractivity contribution in [2.24, 2.45) is 11.1 Å². The minimum Gasteiger partial charge on any atom is -0.381 e. The van der Waals surface area contributed by atoms with Crippen LogP contribution < -0.4 is 5.73 Å². The summed E-state index contributed by atoms with van der Waals surface area (Å²) in [5, 5.41) is 0. The Labute approximate surface area is 91.1 Å². The number of carbonyl (C=O) groups is 1. The van der Waals surface area contributed by atoms with Gasteiger partial charge in [-0.1, -0.05) is 20.8 Å². The Morgan fingerprint density at radius 3 is 2.33 bits per heavy atom. The van der Waals surface area contributed by atoms with E-state index in [9.17, 15) is 4.79 Å².